The molecule has 1 aliphatic rings. The summed E-state index contributed by atoms with van der Waals surface area (Å²) in [6.45, 7) is 9.15. The summed E-state index contributed by atoms with van der Waals surface area (Å²) in [7, 11) is 0. The molecule has 0 aromatic heterocycles. The highest BCUT2D eigenvalue weighted by atomic mass is 32.2. The van der Waals surface area contributed by atoms with Crippen molar-refractivity contribution in [2.75, 3.05) is 18.6 Å². The number of nitrogens with two attached hydrogens (primary N) is 1. The smallest absolute Gasteiger partial charge is 0.326 e. The molecule has 8 N–H and O–H groups in total. The number of rotatable bonds is 20. The molecule has 0 aromatic carbocycles. The first kappa shape index (κ1) is 40.6. The van der Waals surface area contributed by atoms with Gasteiger partial charge in [-0.25, -0.2) is 4.79 Å². The third kappa shape index (κ3) is 13.9. The molecular formula is C30H52N6O9S. The normalized spacial score (nSPS) is 17.8. The lowest BCUT2D eigenvalue weighted by Gasteiger charge is -2.28. The van der Waals surface area contributed by atoms with Crippen molar-refractivity contribution in [1.29, 1.82) is 0 Å². The number of carbonyl (C=O) groups excluding carboxylic acids is 5. The fourth-order valence-corrected chi connectivity index (χ4v) is 5.57. The summed E-state index contributed by atoms with van der Waals surface area (Å²) in [6, 6.07) is -6.41. The summed E-state index contributed by atoms with van der Waals surface area (Å²) in [5.74, 6) is -5.03. The number of aliphatic carboxylic acids is 2. The Hall–Kier alpha value is -3.40. The Morgan fingerprint density at radius 2 is 1.30 bits per heavy atom. The zero-order chi connectivity index (χ0) is 35.1. The van der Waals surface area contributed by atoms with Gasteiger partial charge >= 0.3 is 11.9 Å². The molecule has 16 heteroatoms. The molecule has 0 bridgehead atoms. The van der Waals surface area contributed by atoms with Gasteiger partial charge in [0.15, 0.2) is 0 Å². The Bertz CT molecular complexity index is 1090. The summed E-state index contributed by atoms with van der Waals surface area (Å²) in [4.78, 5) is 89.8. The second-order valence-corrected chi connectivity index (χ2v) is 13.5. The van der Waals surface area contributed by atoms with Gasteiger partial charge < -0.3 is 42.1 Å². The number of amides is 5. The average molecular weight is 673 g/mol. The average Bonchev–Trinajstić information content (AvgIpc) is 3.46. The van der Waals surface area contributed by atoms with Crippen molar-refractivity contribution in [3.05, 3.63) is 0 Å². The topological polar surface area (TPSA) is 237 Å². The van der Waals surface area contributed by atoms with Gasteiger partial charge in [-0.1, -0.05) is 27.7 Å². The first-order chi connectivity index (χ1) is 21.5. The van der Waals surface area contributed by atoms with Gasteiger partial charge in [0.2, 0.25) is 29.5 Å². The Morgan fingerprint density at radius 1 is 0.783 bits per heavy atom. The minimum Gasteiger partial charge on any atom is -0.481 e. The van der Waals surface area contributed by atoms with Gasteiger partial charge in [-0.3, -0.25) is 28.8 Å². The number of hydrogen-bond acceptors (Lipinski definition) is 9. The number of nitrogens with zero attached hydrogens (tertiary/aromatic N) is 1. The van der Waals surface area contributed by atoms with Crippen LogP contribution in [-0.2, 0) is 33.6 Å². The summed E-state index contributed by atoms with van der Waals surface area (Å²) >= 11 is 1.42. The van der Waals surface area contributed by atoms with Crippen LogP contribution in [0.3, 0.4) is 0 Å². The molecule has 1 saturated heterocycles. The quantitative estimate of drug-likeness (QED) is 0.0913. The number of carboxylic acid groups (broad SMARTS) is 2. The molecule has 0 saturated carbocycles. The number of hydrogen-bond donors (Lipinski definition) is 7. The number of nitrogens with one attached hydrogen (secondary N) is 4. The summed E-state index contributed by atoms with van der Waals surface area (Å²) < 4.78 is 0. The van der Waals surface area contributed by atoms with Crippen LogP contribution in [0.2, 0.25) is 0 Å². The molecule has 0 aliphatic carbocycles. The second kappa shape index (κ2) is 20.0. The Morgan fingerprint density at radius 3 is 1.83 bits per heavy atom. The largest absolute Gasteiger partial charge is 0.481 e. The van der Waals surface area contributed by atoms with Gasteiger partial charge in [0.1, 0.15) is 30.2 Å². The highest BCUT2D eigenvalue weighted by Gasteiger charge is 2.37. The van der Waals surface area contributed by atoms with Crippen molar-refractivity contribution in [1.82, 2.24) is 26.2 Å². The maximum Gasteiger partial charge on any atom is 0.326 e. The van der Waals surface area contributed by atoms with Crippen molar-refractivity contribution >= 4 is 53.2 Å². The highest BCUT2D eigenvalue weighted by molar-refractivity contribution is 7.98. The van der Waals surface area contributed by atoms with E-state index < -0.39 is 84.1 Å². The van der Waals surface area contributed by atoms with E-state index in [-0.39, 0.29) is 37.6 Å². The standard InChI is InChI=1S/C30H52N6O9S/c1-16(2)14-19(31)25(39)33-20(9-10-24(37)38)26(40)34-21(11-13-46-6)27(41)35-22(15-17(3)4)28(42)32-18(5)29(43)36-12-7-8-23(36)30(44)45/h16-23H,7-15,31H2,1-6H3,(H,32,42)(H,33,39)(H,34,40)(H,35,41)(H,37,38)(H,44,45)/t18-,19-,20-,21-,22-,23-/m0/s1. The maximum absolute atomic E-state index is 13.5. The zero-order valence-corrected chi connectivity index (χ0v) is 28.5. The fourth-order valence-electron chi connectivity index (χ4n) is 5.09. The number of likely N-dealkylation sites (tertiary alicyclic amines) is 1. The van der Waals surface area contributed by atoms with E-state index in [1.54, 1.807) is 0 Å². The lowest BCUT2D eigenvalue weighted by atomic mass is 10.0. The van der Waals surface area contributed by atoms with Gasteiger partial charge in [-0.05, 0) is 69.3 Å². The first-order valence-electron chi connectivity index (χ1n) is 15.7. The van der Waals surface area contributed by atoms with Crippen molar-refractivity contribution in [3.63, 3.8) is 0 Å². The van der Waals surface area contributed by atoms with E-state index in [1.807, 2.05) is 34.0 Å². The van der Waals surface area contributed by atoms with Crippen molar-refractivity contribution < 1.29 is 43.8 Å². The second-order valence-electron chi connectivity index (χ2n) is 12.5. The lowest BCUT2D eigenvalue weighted by Crippen LogP contribution is -2.59. The van der Waals surface area contributed by atoms with E-state index in [2.05, 4.69) is 21.3 Å². The lowest BCUT2D eigenvalue weighted by molar-refractivity contribution is -0.149. The van der Waals surface area contributed by atoms with Crippen LogP contribution >= 0.6 is 11.8 Å². The van der Waals surface area contributed by atoms with E-state index in [4.69, 9.17) is 5.73 Å². The van der Waals surface area contributed by atoms with Crippen LogP contribution in [0.5, 0.6) is 0 Å². The molecule has 1 heterocycles. The number of carbonyl (C=O) groups is 7. The van der Waals surface area contributed by atoms with Crippen molar-refractivity contribution in [2.24, 2.45) is 17.6 Å². The molecule has 46 heavy (non-hydrogen) atoms. The SMILES string of the molecule is CSCC[C@H](NC(=O)[C@H](CCC(=O)O)NC(=O)[C@@H](N)CC(C)C)C(=O)N[C@@H](CC(C)C)C(=O)N[C@@H](C)C(=O)N1CCC[C@H]1C(=O)O. The molecule has 262 valence electrons. The Balaban J connectivity index is 3.09. The predicted octanol–water partition coefficient (Wildman–Crippen LogP) is 0.0585. The third-order valence-electron chi connectivity index (χ3n) is 7.48. The molecule has 1 fully saturated rings. The molecule has 0 aromatic rings. The van der Waals surface area contributed by atoms with Crippen LogP contribution in [0.4, 0.5) is 0 Å². The first-order valence-corrected chi connectivity index (χ1v) is 17.1. The van der Waals surface area contributed by atoms with Crippen molar-refractivity contribution in [2.45, 2.75) is 116 Å². The van der Waals surface area contributed by atoms with E-state index in [9.17, 15) is 43.8 Å². The predicted molar refractivity (Wildman–Crippen MR) is 173 cm³/mol. The van der Waals surface area contributed by atoms with Gasteiger partial charge in [-0.2, -0.15) is 11.8 Å². The van der Waals surface area contributed by atoms with Crippen LogP contribution in [0.25, 0.3) is 0 Å². The van der Waals surface area contributed by atoms with Crippen LogP contribution in [0, 0.1) is 11.8 Å². The summed E-state index contributed by atoms with van der Waals surface area (Å²) in [5, 5.41) is 29.0. The molecule has 1 aliphatic heterocycles. The van der Waals surface area contributed by atoms with Crippen LogP contribution in [-0.4, -0.2) is 111 Å². The van der Waals surface area contributed by atoms with Crippen molar-refractivity contribution in [3.8, 4) is 0 Å². The molecule has 0 unspecified atom stereocenters. The number of thioether (sulfide) groups is 1. The third-order valence-corrected chi connectivity index (χ3v) is 8.12. The molecule has 5 amide bonds. The van der Waals surface area contributed by atoms with Gasteiger partial charge in [-0.15, -0.1) is 0 Å². The molecule has 0 spiro atoms. The molecular weight excluding hydrogens is 620 g/mol. The van der Waals surface area contributed by atoms with Gasteiger partial charge in [0.05, 0.1) is 6.04 Å². The summed E-state index contributed by atoms with van der Waals surface area (Å²) in [5.41, 5.74) is 5.95. The van der Waals surface area contributed by atoms with Crippen LogP contribution in [0.1, 0.15) is 79.6 Å². The molecule has 15 nitrogen and oxygen atoms in total. The minimum atomic E-state index is -1.27. The zero-order valence-electron chi connectivity index (χ0n) is 27.7. The number of carboxylic acids is 2. The Labute approximate surface area is 274 Å². The molecule has 0 radical (unpaired) electrons. The van der Waals surface area contributed by atoms with E-state index in [1.165, 1.54) is 23.6 Å². The van der Waals surface area contributed by atoms with E-state index >= 15 is 0 Å². The van der Waals surface area contributed by atoms with Crippen LogP contribution < -0.4 is 27.0 Å². The maximum atomic E-state index is 13.5. The van der Waals surface area contributed by atoms with E-state index in [0.717, 1.165) is 0 Å². The summed E-state index contributed by atoms with van der Waals surface area (Å²) in [6.07, 6.45) is 2.73. The molecule has 1 rings (SSSR count). The van der Waals surface area contributed by atoms with Gasteiger partial charge in [0, 0.05) is 13.0 Å². The van der Waals surface area contributed by atoms with E-state index in [0.29, 0.717) is 25.0 Å². The van der Waals surface area contributed by atoms with Crippen LogP contribution in [0.15, 0.2) is 0 Å². The van der Waals surface area contributed by atoms with Gasteiger partial charge in [0.25, 0.3) is 0 Å². The fraction of sp³-hybridized carbons (Fsp3) is 0.767. The Kier molecular flexibility index (Phi) is 17.6. The monoisotopic (exact) mass is 672 g/mol. The minimum absolute atomic E-state index is 0.0538. The highest BCUT2D eigenvalue weighted by Crippen LogP contribution is 2.19. The molecule has 6 atom stereocenters.